The lowest BCUT2D eigenvalue weighted by molar-refractivity contribution is -0.143. The van der Waals surface area contributed by atoms with Crippen molar-refractivity contribution in [2.45, 2.75) is 26.3 Å². The Hall–Kier alpha value is -0.770. The van der Waals surface area contributed by atoms with Crippen LogP contribution in [0.3, 0.4) is 0 Å². The molecule has 0 aliphatic rings. The molecule has 1 N–H and O–H groups in total. The summed E-state index contributed by atoms with van der Waals surface area (Å²) >= 11 is 12.0. The number of rotatable bonds is 7. The molecule has 0 spiro atoms. The van der Waals surface area contributed by atoms with Gasteiger partial charge in [0.05, 0.1) is 16.7 Å². The molecule has 100 valence electrons. The summed E-state index contributed by atoms with van der Waals surface area (Å²) in [4.78, 5) is 11.1. The molecule has 0 amide bonds. The number of carbonyl (C=O) groups excluding carboxylic acids is 1. The summed E-state index contributed by atoms with van der Waals surface area (Å²) in [5.41, 5.74) is 0.959. The molecule has 1 aromatic rings. The highest BCUT2D eigenvalue weighted by atomic mass is 35.5. The van der Waals surface area contributed by atoms with E-state index >= 15 is 0 Å². The number of halogens is 2. The van der Waals surface area contributed by atoms with Crippen molar-refractivity contribution in [1.82, 2.24) is 5.32 Å². The third-order valence-corrected chi connectivity index (χ3v) is 3.24. The number of nitrogens with one attached hydrogen (secondary N) is 1. The van der Waals surface area contributed by atoms with Crippen molar-refractivity contribution in [1.29, 1.82) is 0 Å². The van der Waals surface area contributed by atoms with E-state index in [4.69, 9.17) is 27.9 Å². The number of esters is 1. The first-order chi connectivity index (χ1) is 8.65. The second-order valence-corrected chi connectivity index (χ2v) is 4.58. The summed E-state index contributed by atoms with van der Waals surface area (Å²) in [6.45, 7) is 3.62. The van der Waals surface area contributed by atoms with Gasteiger partial charge >= 0.3 is 5.97 Å². The number of hydrogen-bond acceptors (Lipinski definition) is 3. The van der Waals surface area contributed by atoms with Crippen LogP contribution in [0.25, 0.3) is 0 Å². The maximum absolute atomic E-state index is 11.1. The molecule has 3 nitrogen and oxygen atoms in total. The minimum absolute atomic E-state index is 0.153. The molecule has 0 heterocycles. The van der Waals surface area contributed by atoms with Gasteiger partial charge in [-0.3, -0.25) is 4.79 Å². The zero-order chi connectivity index (χ0) is 13.4. The normalized spacial score (nSPS) is 10.4. The Labute approximate surface area is 117 Å². The fourth-order valence-electron chi connectivity index (χ4n) is 1.50. The van der Waals surface area contributed by atoms with Crippen LogP contribution in [0.2, 0.25) is 10.0 Å². The van der Waals surface area contributed by atoms with Gasteiger partial charge in [0.2, 0.25) is 0 Å². The molecule has 0 atom stereocenters. The van der Waals surface area contributed by atoms with E-state index in [2.05, 4.69) is 5.32 Å². The van der Waals surface area contributed by atoms with Crippen molar-refractivity contribution in [2.75, 3.05) is 13.2 Å². The molecular weight excluding hydrogens is 273 g/mol. The summed E-state index contributed by atoms with van der Waals surface area (Å²) in [5, 5.41) is 4.35. The summed E-state index contributed by atoms with van der Waals surface area (Å²) in [7, 11) is 0. The quantitative estimate of drug-likeness (QED) is 0.617. The fraction of sp³-hybridized carbons (Fsp3) is 0.462. The van der Waals surface area contributed by atoms with Crippen molar-refractivity contribution in [3.05, 3.63) is 33.8 Å². The zero-order valence-electron chi connectivity index (χ0n) is 10.3. The predicted octanol–water partition coefficient (Wildman–Crippen LogP) is 3.43. The highest BCUT2D eigenvalue weighted by Crippen LogP contribution is 2.25. The van der Waals surface area contributed by atoms with E-state index in [0.29, 0.717) is 29.6 Å². The summed E-state index contributed by atoms with van der Waals surface area (Å²) < 4.78 is 4.84. The molecule has 0 aromatic heterocycles. The Morgan fingerprint density at radius 3 is 2.89 bits per heavy atom. The lowest BCUT2D eigenvalue weighted by Crippen LogP contribution is -2.16. The van der Waals surface area contributed by atoms with Gasteiger partial charge in [0.25, 0.3) is 0 Å². The van der Waals surface area contributed by atoms with Gasteiger partial charge in [-0.05, 0) is 31.5 Å². The highest BCUT2D eigenvalue weighted by Gasteiger charge is 2.04. The van der Waals surface area contributed by atoms with E-state index in [9.17, 15) is 4.79 Å². The van der Waals surface area contributed by atoms with E-state index < -0.39 is 0 Å². The molecule has 0 fully saturated rings. The summed E-state index contributed by atoms with van der Waals surface area (Å²) in [6, 6.07) is 5.55. The third-order valence-electron chi connectivity index (χ3n) is 2.39. The molecule has 5 heteroatoms. The van der Waals surface area contributed by atoms with Crippen LogP contribution < -0.4 is 5.32 Å². The SMILES string of the molecule is CCOC(=O)CCCNCc1cccc(Cl)c1Cl. The zero-order valence-corrected chi connectivity index (χ0v) is 11.9. The summed E-state index contributed by atoms with van der Waals surface area (Å²) in [5.74, 6) is -0.153. The monoisotopic (exact) mass is 289 g/mol. The second kappa shape index (κ2) is 8.35. The fourth-order valence-corrected chi connectivity index (χ4v) is 1.89. The minimum Gasteiger partial charge on any atom is -0.466 e. The standard InChI is InChI=1S/C13H17Cl2NO2/c1-2-18-12(17)7-4-8-16-9-10-5-3-6-11(14)13(10)15/h3,5-6,16H,2,4,7-9H2,1H3. The van der Waals surface area contributed by atoms with Crippen molar-refractivity contribution in [2.24, 2.45) is 0 Å². The summed E-state index contributed by atoms with van der Waals surface area (Å²) in [6.07, 6.45) is 1.18. The molecule has 0 aliphatic carbocycles. The van der Waals surface area contributed by atoms with Crippen LogP contribution in [-0.4, -0.2) is 19.1 Å². The van der Waals surface area contributed by atoms with Crippen LogP contribution in [0.15, 0.2) is 18.2 Å². The molecule has 0 saturated heterocycles. The van der Waals surface area contributed by atoms with E-state index in [1.165, 1.54) is 0 Å². The van der Waals surface area contributed by atoms with Gasteiger partial charge in [0.1, 0.15) is 0 Å². The molecule has 18 heavy (non-hydrogen) atoms. The van der Waals surface area contributed by atoms with E-state index in [1.54, 1.807) is 13.0 Å². The van der Waals surface area contributed by atoms with Gasteiger partial charge in [0.15, 0.2) is 0 Å². The largest absolute Gasteiger partial charge is 0.466 e. The highest BCUT2D eigenvalue weighted by molar-refractivity contribution is 6.42. The first kappa shape index (κ1) is 15.3. The van der Waals surface area contributed by atoms with Crippen LogP contribution in [-0.2, 0) is 16.1 Å². The smallest absolute Gasteiger partial charge is 0.305 e. The minimum atomic E-state index is -0.153. The molecular formula is C13H17Cl2NO2. The second-order valence-electron chi connectivity index (χ2n) is 3.80. The third kappa shape index (κ3) is 5.25. The van der Waals surface area contributed by atoms with E-state index in [0.717, 1.165) is 18.5 Å². The Kier molecular flexibility index (Phi) is 7.09. The number of benzene rings is 1. The lowest BCUT2D eigenvalue weighted by Gasteiger charge is -2.07. The van der Waals surface area contributed by atoms with Gasteiger partial charge in [-0.15, -0.1) is 0 Å². The lowest BCUT2D eigenvalue weighted by atomic mass is 10.2. The van der Waals surface area contributed by atoms with Crippen molar-refractivity contribution >= 4 is 29.2 Å². The number of carbonyl (C=O) groups is 1. The molecule has 0 unspecified atom stereocenters. The Morgan fingerprint density at radius 1 is 1.39 bits per heavy atom. The first-order valence-electron chi connectivity index (χ1n) is 5.94. The van der Waals surface area contributed by atoms with Gasteiger partial charge in [-0.1, -0.05) is 35.3 Å². The molecule has 0 radical (unpaired) electrons. The topological polar surface area (TPSA) is 38.3 Å². The Morgan fingerprint density at radius 2 is 2.17 bits per heavy atom. The molecule has 0 bridgehead atoms. The maximum atomic E-state index is 11.1. The van der Waals surface area contributed by atoms with Crippen LogP contribution in [0.1, 0.15) is 25.3 Å². The van der Waals surface area contributed by atoms with Crippen LogP contribution in [0.5, 0.6) is 0 Å². The maximum Gasteiger partial charge on any atom is 0.305 e. The van der Waals surface area contributed by atoms with E-state index in [-0.39, 0.29) is 5.97 Å². The molecule has 0 saturated carbocycles. The first-order valence-corrected chi connectivity index (χ1v) is 6.70. The average molecular weight is 290 g/mol. The van der Waals surface area contributed by atoms with Gasteiger partial charge in [-0.25, -0.2) is 0 Å². The van der Waals surface area contributed by atoms with Crippen molar-refractivity contribution in [3.63, 3.8) is 0 Å². The van der Waals surface area contributed by atoms with E-state index in [1.807, 2.05) is 12.1 Å². The van der Waals surface area contributed by atoms with Crippen molar-refractivity contribution < 1.29 is 9.53 Å². The van der Waals surface area contributed by atoms with Crippen LogP contribution >= 0.6 is 23.2 Å². The van der Waals surface area contributed by atoms with Gasteiger partial charge < -0.3 is 10.1 Å². The number of hydrogen-bond donors (Lipinski definition) is 1. The van der Waals surface area contributed by atoms with Crippen LogP contribution in [0, 0.1) is 0 Å². The molecule has 0 aliphatic heterocycles. The Balaban J connectivity index is 2.22. The number of ether oxygens (including phenoxy) is 1. The molecule has 1 aromatic carbocycles. The predicted molar refractivity (Wildman–Crippen MR) is 74.0 cm³/mol. The molecule has 1 rings (SSSR count). The Bertz CT molecular complexity index is 397. The average Bonchev–Trinajstić information content (AvgIpc) is 2.34. The van der Waals surface area contributed by atoms with Gasteiger partial charge in [-0.2, -0.15) is 0 Å². The van der Waals surface area contributed by atoms with Crippen molar-refractivity contribution in [3.8, 4) is 0 Å². The van der Waals surface area contributed by atoms with Gasteiger partial charge in [0, 0.05) is 13.0 Å². The van der Waals surface area contributed by atoms with Crippen LogP contribution in [0.4, 0.5) is 0 Å².